The highest BCUT2D eigenvalue weighted by Gasteiger charge is 2.39. The zero-order chi connectivity index (χ0) is 18.4. The van der Waals surface area contributed by atoms with Gasteiger partial charge in [-0.05, 0) is 24.1 Å². The van der Waals surface area contributed by atoms with E-state index in [1.165, 1.54) is 11.0 Å². The molecule has 1 unspecified atom stereocenters. The summed E-state index contributed by atoms with van der Waals surface area (Å²) in [6, 6.07) is 1.58. The van der Waals surface area contributed by atoms with Gasteiger partial charge in [-0.2, -0.15) is 8.42 Å². The number of nitrogens with one attached hydrogen (secondary N) is 1. The van der Waals surface area contributed by atoms with E-state index in [2.05, 4.69) is 9.50 Å². The van der Waals surface area contributed by atoms with Crippen LogP contribution in [0.1, 0.15) is 34.3 Å². The summed E-state index contributed by atoms with van der Waals surface area (Å²) in [6.07, 6.45) is 1.18. The molecule has 3 rings (SSSR count). The highest BCUT2D eigenvalue weighted by molar-refractivity contribution is 7.85. The topological polar surface area (TPSA) is 110 Å². The minimum atomic E-state index is -3.73. The van der Waals surface area contributed by atoms with Crippen LogP contribution in [0.2, 0.25) is 0 Å². The standard InChI is InChI=1S/C15H15FN2O6S/c1-25(22,23)24-7-9-4-8-6-18(15(21)10(8)5-11(9)16)12-2-3-13(19)17-14(12)20/h4-5,12H,2-3,6-7H2,1H3,(H,17,19,20). The second-order valence-corrected chi connectivity index (χ2v) is 7.61. The van der Waals surface area contributed by atoms with E-state index in [0.29, 0.717) is 5.56 Å². The summed E-state index contributed by atoms with van der Waals surface area (Å²) in [5.74, 6) is -2.21. The number of amides is 3. The van der Waals surface area contributed by atoms with E-state index in [4.69, 9.17) is 0 Å². The first-order chi connectivity index (χ1) is 11.7. The number of hydrogen-bond donors (Lipinski definition) is 1. The van der Waals surface area contributed by atoms with Gasteiger partial charge < -0.3 is 4.90 Å². The fraction of sp³-hybridized carbons (Fsp3) is 0.400. The van der Waals surface area contributed by atoms with Crippen molar-refractivity contribution in [1.82, 2.24) is 10.2 Å². The number of hydrogen-bond acceptors (Lipinski definition) is 6. The van der Waals surface area contributed by atoms with Gasteiger partial charge in [0.05, 0.1) is 12.9 Å². The molecule has 25 heavy (non-hydrogen) atoms. The molecule has 1 aromatic rings. The van der Waals surface area contributed by atoms with Gasteiger partial charge in [-0.25, -0.2) is 4.39 Å². The summed E-state index contributed by atoms with van der Waals surface area (Å²) in [4.78, 5) is 36.9. The molecule has 1 atom stereocenters. The number of fused-ring (bicyclic) bond motifs is 1. The number of halogens is 1. The molecule has 2 aliphatic rings. The van der Waals surface area contributed by atoms with Crippen molar-refractivity contribution < 1.29 is 31.4 Å². The van der Waals surface area contributed by atoms with Gasteiger partial charge in [0.25, 0.3) is 16.0 Å². The molecular formula is C15H15FN2O6S. The van der Waals surface area contributed by atoms with Crippen LogP contribution >= 0.6 is 0 Å². The first-order valence-electron chi connectivity index (χ1n) is 7.46. The largest absolute Gasteiger partial charge is 0.322 e. The van der Waals surface area contributed by atoms with Crippen LogP contribution in [-0.4, -0.2) is 43.3 Å². The smallest absolute Gasteiger partial charge is 0.264 e. The summed E-state index contributed by atoms with van der Waals surface area (Å²) in [5.41, 5.74) is 0.593. The maximum absolute atomic E-state index is 14.1. The van der Waals surface area contributed by atoms with Crippen molar-refractivity contribution in [2.24, 2.45) is 0 Å². The SMILES string of the molecule is CS(=O)(=O)OCc1cc2c(cc1F)C(=O)N(C1CCC(=O)NC1=O)C2. The Morgan fingerprint density at radius 1 is 1.32 bits per heavy atom. The molecule has 10 heteroatoms. The van der Waals surface area contributed by atoms with E-state index in [-0.39, 0.29) is 30.5 Å². The van der Waals surface area contributed by atoms with Crippen LogP contribution in [-0.2, 0) is 37.0 Å². The monoisotopic (exact) mass is 370 g/mol. The van der Waals surface area contributed by atoms with Gasteiger partial charge in [0.2, 0.25) is 11.8 Å². The molecule has 134 valence electrons. The number of benzene rings is 1. The fourth-order valence-electron chi connectivity index (χ4n) is 2.92. The second-order valence-electron chi connectivity index (χ2n) is 5.97. The third kappa shape index (κ3) is 3.54. The van der Waals surface area contributed by atoms with Gasteiger partial charge in [-0.15, -0.1) is 0 Å². The Morgan fingerprint density at radius 2 is 2.04 bits per heavy atom. The van der Waals surface area contributed by atoms with Crippen molar-refractivity contribution in [3.8, 4) is 0 Å². The molecule has 0 aromatic heterocycles. The molecule has 0 radical (unpaired) electrons. The maximum Gasteiger partial charge on any atom is 0.264 e. The van der Waals surface area contributed by atoms with Crippen molar-refractivity contribution >= 4 is 27.8 Å². The molecule has 1 N–H and O–H groups in total. The Morgan fingerprint density at radius 3 is 2.68 bits per heavy atom. The minimum Gasteiger partial charge on any atom is -0.322 e. The summed E-state index contributed by atoms with van der Waals surface area (Å²) >= 11 is 0. The van der Waals surface area contributed by atoms with Gasteiger partial charge in [-0.1, -0.05) is 0 Å². The Hall–Kier alpha value is -2.33. The van der Waals surface area contributed by atoms with Crippen LogP contribution in [0, 0.1) is 5.82 Å². The Bertz CT molecular complexity index is 882. The molecule has 2 heterocycles. The number of piperidine rings is 1. The van der Waals surface area contributed by atoms with Gasteiger partial charge in [0.15, 0.2) is 0 Å². The highest BCUT2D eigenvalue weighted by Crippen LogP contribution is 2.29. The Balaban J connectivity index is 1.83. The van der Waals surface area contributed by atoms with E-state index in [1.807, 2.05) is 0 Å². The van der Waals surface area contributed by atoms with E-state index in [1.54, 1.807) is 0 Å². The van der Waals surface area contributed by atoms with Gasteiger partial charge in [0.1, 0.15) is 11.9 Å². The Labute approximate surface area is 143 Å². The predicted molar refractivity (Wildman–Crippen MR) is 82.1 cm³/mol. The van der Waals surface area contributed by atoms with Crippen molar-refractivity contribution in [2.45, 2.75) is 32.0 Å². The predicted octanol–water partition coefficient (Wildman–Crippen LogP) is 0.0629. The van der Waals surface area contributed by atoms with Crippen LogP contribution in [0.25, 0.3) is 0 Å². The van der Waals surface area contributed by atoms with E-state index >= 15 is 0 Å². The molecule has 0 aliphatic carbocycles. The molecule has 1 aromatic carbocycles. The Kier molecular flexibility index (Phi) is 4.33. The zero-order valence-electron chi connectivity index (χ0n) is 13.2. The lowest BCUT2D eigenvalue weighted by Crippen LogP contribution is -2.52. The molecule has 3 amide bonds. The summed E-state index contributed by atoms with van der Waals surface area (Å²) in [7, 11) is -3.73. The van der Waals surface area contributed by atoms with Crippen molar-refractivity contribution in [3.63, 3.8) is 0 Å². The average Bonchev–Trinajstić information content (AvgIpc) is 2.81. The lowest BCUT2D eigenvalue weighted by molar-refractivity contribution is -0.136. The second kappa shape index (κ2) is 6.19. The van der Waals surface area contributed by atoms with Crippen LogP contribution < -0.4 is 5.32 Å². The number of imide groups is 1. The molecule has 8 nitrogen and oxygen atoms in total. The van der Waals surface area contributed by atoms with Gasteiger partial charge in [0, 0.05) is 24.1 Å². The molecule has 0 spiro atoms. The van der Waals surface area contributed by atoms with Gasteiger partial charge >= 0.3 is 0 Å². The van der Waals surface area contributed by atoms with E-state index in [0.717, 1.165) is 12.3 Å². The van der Waals surface area contributed by atoms with Crippen LogP contribution in [0.4, 0.5) is 4.39 Å². The molecular weight excluding hydrogens is 355 g/mol. The third-order valence-electron chi connectivity index (χ3n) is 4.12. The third-order valence-corrected chi connectivity index (χ3v) is 4.67. The minimum absolute atomic E-state index is 0.00194. The van der Waals surface area contributed by atoms with Crippen molar-refractivity contribution in [3.05, 3.63) is 34.6 Å². The molecule has 0 saturated carbocycles. The summed E-state index contributed by atoms with van der Waals surface area (Å²) in [5, 5.41) is 2.18. The van der Waals surface area contributed by atoms with Crippen LogP contribution in [0.15, 0.2) is 12.1 Å². The lowest BCUT2D eigenvalue weighted by atomic mass is 10.0. The van der Waals surface area contributed by atoms with E-state index in [9.17, 15) is 27.2 Å². The lowest BCUT2D eigenvalue weighted by Gasteiger charge is -2.29. The quantitative estimate of drug-likeness (QED) is 0.593. The first kappa shape index (κ1) is 17.5. The molecule has 1 saturated heterocycles. The first-order valence-corrected chi connectivity index (χ1v) is 9.28. The fourth-order valence-corrected chi connectivity index (χ4v) is 3.26. The van der Waals surface area contributed by atoms with Crippen molar-refractivity contribution in [1.29, 1.82) is 0 Å². The van der Waals surface area contributed by atoms with Crippen molar-refractivity contribution in [2.75, 3.05) is 6.26 Å². The van der Waals surface area contributed by atoms with E-state index < -0.39 is 46.3 Å². The summed E-state index contributed by atoms with van der Waals surface area (Å²) < 4.78 is 40.8. The number of nitrogens with zero attached hydrogens (tertiary/aromatic N) is 1. The maximum atomic E-state index is 14.1. The number of carbonyl (C=O) groups excluding carboxylic acids is 3. The zero-order valence-corrected chi connectivity index (χ0v) is 14.1. The molecule has 1 fully saturated rings. The van der Waals surface area contributed by atoms with Crippen LogP contribution in [0.5, 0.6) is 0 Å². The molecule has 2 aliphatic heterocycles. The van der Waals surface area contributed by atoms with Gasteiger partial charge in [-0.3, -0.25) is 23.9 Å². The average molecular weight is 370 g/mol. The highest BCUT2D eigenvalue weighted by atomic mass is 32.2. The number of rotatable bonds is 4. The number of carbonyl (C=O) groups is 3. The molecule has 0 bridgehead atoms. The summed E-state index contributed by atoms with van der Waals surface area (Å²) in [6.45, 7) is -0.406. The normalized spacial score (nSPS) is 20.6. The van der Waals surface area contributed by atoms with Crippen LogP contribution in [0.3, 0.4) is 0 Å².